The van der Waals surface area contributed by atoms with Crippen LogP contribution in [0.1, 0.15) is 0 Å². The number of H-pyrrole nitrogens is 1. The summed E-state index contributed by atoms with van der Waals surface area (Å²) < 4.78 is 0.935. The lowest BCUT2D eigenvalue weighted by Crippen LogP contribution is -1.83. The Bertz CT molecular complexity index is 662. The Hall–Kier alpha value is -1.13. The molecule has 0 saturated heterocycles. The van der Waals surface area contributed by atoms with Gasteiger partial charge in [0.15, 0.2) is 5.15 Å². The van der Waals surface area contributed by atoms with E-state index < -0.39 is 0 Å². The highest BCUT2D eigenvalue weighted by Gasteiger charge is 2.09. The zero-order chi connectivity index (χ0) is 10.4. The van der Waals surface area contributed by atoms with Crippen LogP contribution in [-0.4, -0.2) is 15.2 Å². The predicted octanol–water partition coefficient (Wildman–Crippen LogP) is 3.53. The smallest absolute Gasteiger partial charge is 0.155 e. The number of rotatable bonds is 0. The van der Waals surface area contributed by atoms with Gasteiger partial charge in [0.25, 0.3) is 0 Å². The summed E-state index contributed by atoms with van der Waals surface area (Å²) in [5, 5.41) is 9.29. The third-order valence-corrected chi connectivity index (χ3v) is 3.25. The van der Waals surface area contributed by atoms with Crippen LogP contribution in [-0.2, 0) is 0 Å². The van der Waals surface area contributed by atoms with Crippen molar-refractivity contribution in [2.75, 3.05) is 0 Å². The van der Waals surface area contributed by atoms with Gasteiger partial charge in [-0.25, -0.2) is 4.98 Å². The van der Waals surface area contributed by atoms with Crippen LogP contribution >= 0.6 is 27.5 Å². The minimum atomic E-state index is 0.446. The highest BCUT2D eigenvalue weighted by Crippen LogP contribution is 2.30. The van der Waals surface area contributed by atoms with E-state index in [1.807, 2.05) is 18.2 Å². The molecule has 2 heterocycles. The minimum Gasteiger partial charge on any atom is -0.275 e. The van der Waals surface area contributed by atoms with Gasteiger partial charge in [-0.2, -0.15) is 5.10 Å². The summed E-state index contributed by atoms with van der Waals surface area (Å²) in [6, 6.07) is 5.91. The summed E-state index contributed by atoms with van der Waals surface area (Å²) in [5.74, 6) is 0. The molecule has 2 aromatic heterocycles. The molecular formula is C10H5BrClN3. The number of fused-ring (bicyclic) bond motifs is 3. The number of pyridine rings is 1. The Morgan fingerprint density at radius 3 is 3.00 bits per heavy atom. The molecule has 0 atom stereocenters. The minimum absolute atomic E-state index is 0.446. The molecule has 0 unspecified atom stereocenters. The van der Waals surface area contributed by atoms with Crippen molar-refractivity contribution in [3.63, 3.8) is 0 Å². The number of hydrogen-bond acceptors (Lipinski definition) is 2. The average Bonchev–Trinajstić information content (AvgIpc) is 2.69. The molecule has 0 bridgehead atoms. The van der Waals surface area contributed by atoms with Crippen molar-refractivity contribution in [3.8, 4) is 0 Å². The summed E-state index contributed by atoms with van der Waals surface area (Å²) in [4.78, 5) is 4.32. The second-order valence-corrected chi connectivity index (χ2v) is 4.41. The molecule has 0 radical (unpaired) electrons. The molecule has 0 spiro atoms. The predicted molar refractivity (Wildman–Crippen MR) is 64.1 cm³/mol. The second-order valence-electron chi connectivity index (χ2n) is 3.20. The SMILES string of the molecule is Clc1nc2c(Br)cccc2c2cn[nH]c12. The lowest BCUT2D eigenvalue weighted by molar-refractivity contribution is 1.12. The number of para-hydroxylation sites is 1. The Kier molecular flexibility index (Phi) is 1.94. The van der Waals surface area contributed by atoms with Crippen molar-refractivity contribution in [1.82, 2.24) is 15.2 Å². The van der Waals surface area contributed by atoms with E-state index in [9.17, 15) is 0 Å². The van der Waals surface area contributed by atoms with Crippen LogP contribution in [0, 0.1) is 0 Å². The van der Waals surface area contributed by atoms with Crippen molar-refractivity contribution >= 4 is 49.3 Å². The Labute approximate surface area is 98.6 Å². The van der Waals surface area contributed by atoms with Crippen LogP contribution in [0.5, 0.6) is 0 Å². The third-order valence-electron chi connectivity index (χ3n) is 2.33. The molecule has 0 aliphatic carbocycles. The van der Waals surface area contributed by atoms with Gasteiger partial charge in [-0.15, -0.1) is 0 Å². The number of nitrogens with zero attached hydrogens (tertiary/aromatic N) is 2. The van der Waals surface area contributed by atoms with E-state index >= 15 is 0 Å². The Morgan fingerprint density at radius 2 is 2.13 bits per heavy atom. The van der Waals surface area contributed by atoms with E-state index in [-0.39, 0.29) is 0 Å². The summed E-state index contributed by atoms with van der Waals surface area (Å²) in [6.45, 7) is 0. The zero-order valence-corrected chi connectivity index (χ0v) is 9.80. The number of hydrogen-bond donors (Lipinski definition) is 1. The molecular weight excluding hydrogens is 277 g/mol. The first-order valence-corrected chi connectivity index (χ1v) is 5.51. The molecule has 0 fully saturated rings. The first kappa shape index (κ1) is 9.12. The number of nitrogens with one attached hydrogen (secondary N) is 1. The maximum absolute atomic E-state index is 6.05. The maximum atomic E-state index is 6.05. The van der Waals surface area contributed by atoms with Gasteiger partial charge < -0.3 is 0 Å². The molecule has 0 aliphatic rings. The molecule has 1 N–H and O–H groups in total. The van der Waals surface area contributed by atoms with Crippen molar-refractivity contribution in [1.29, 1.82) is 0 Å². The second kappa shape index (κ2) is 3.18. The largest absolute Gasteiger partial charge is 0.275 e. The molecule has 74 valence electrons. The molecule has 3 nitrogen and oxygen atoms in total. The molecule has 0 amide bonds. The fourth-order valence-electron chi connectivity index (χ4n) is 1.65. The molecule has 15 heavy (non-hydrogen) atoms. The van der Waals surface area contributed by atoms with Gasteiger partial charge in [0.1, 0.15) is 5.52 Å². The van der Waals surface area contributed by atoms with Crippen molar-refractivity contribution in [2.45, 2.75) is 0 Å². The Morgan fingerprint density at radius 1 is 1.27 bits per heavy atom. The quantitative estimate of drug-likeness (QED) is 0.641. The van der Waals surface area contributed by atoms with Crippen molar-refractivity contribution in [3.05, 3.63) is 34.0 Å². The molecule has 3 rings (SSSR count). The average molecular weight is 283 g/mol. The van der Waals surface area contributed by atoms with E-state index in [1.54, 1.807) is 6.20 Å². The third kappa shape index (κ3) is 1.25. The molecule has 0 aliphatic heterocycles. The molecule has 0 saturated carbocycles. The summed E-state index contributed by atoms with van der Waals surface area (Å²) >= 11 is 9.50. The van der Waals surface area contributed by atoms with Gasteiger partial charge in [-0.3, -0.25) is 5.10 Å². The van der Waals surface area contributed by atoms with Crippen molar-refractivity contribution in [2.24, 2.45) is 0 Å². The van der Waals surface area contributed by atoms with Crippen LogP contribution in [0.25, 0.3) is 21.8 Å². The summed E-state index contributed by atoms with van der Waals surface area (Å²) in [7, 11) is 0. The Balaban J connectivity index is 2.66. The fourth-order valence-corrected chi connectivity index (χ4v) is 2.33. The van der Waals surface area contributed by atoms with Crippen LogP contribution in [0.15, 0.2) is 28.9 Å². The van der Waals surface area contributed by atoms with Crippen LogP contribution in [0.4, 0.5) is 0 Å². The normalized spacial score (nSPS) is 11.3. The topological polar surface area (TPSA) is 41.6 Å². The van der Waals surface area contributed by atoms with Gasteiger partial charge >= 0.3 is 0 Å². The van der Waals surface area contributed by atoms with Crippen LogP contribution < -0.4 is 0 Å². The van der Waals surface area contributed by atoms with E-state index in [0.29, 0.717) is 5.15 Å². The van der Waals surface area contributed by atoms with Gasteiger partial charge in [0.05, 0.1) is 11.7 Å². The summed E-state index contributed by atoms with van der Waals surface area (Å²) in [5.41, 5.74) is 1.64. The highest BCUT2D eigenvalue weighted by molar-refractivity contribution is 9.10. The molecule has 3 aromatic rings. The van der Waals surface area contributed by atoms with Gasteiger partial charge in [-0.05, 0) is 22.0 Å². The van der Waals surface area contributed by atoms with Crippen LogP contribution in [0.2, 0.25) is 5.15 Å². The number of aromatic amines is 1. The fraction of sp³-hybridized carbons (Fsp3) is 0. The number of aromatic nitrogens is 3. The number of halogens is 2. The maximum Gasteiger partial charge on any atom is 0.155 e. The van der Waals surface area contributed by atoms with Gasteiger partial charge in [0.2, 0.25) is 0 Å². The lowest BCUT2D eigenvalue weighted by Gasteiger charge is -2.01. The van der Waals surface area contributed by atoms with E-state index in [4.69, 9.17) is 11.6 Å². The van der Waals surface area contributed by atoms with Crippen LogP contribution in [0.3, 0.4) is 0 Å². The van der Waals surface area contributed by atoms with E-state index in [0.717, 1.165) is 26.3 Å². The number of benzene rings is 1. The summed E-state index contributed by atoms with van der Waals surface area (Å²) in [6.07, 6.45) is 1.76. The monoisotopic (exact) mass is 281 g/mol. The van der Waals surface area contributed by atoms with Gasteiger partial charge in [0, 0.05) is 15.2 Å². The van der Waals surface area contributed by atoms with E-state index in [1.165, 1.54) is 0 Å². The molecule has 1 aromatic carbocycles. The zero-order valence-electron chi connectivity index (χ0n) is 7.46. The highest BCUT2D eigenvalue weighted by atomic mass is 79.9. The van der Waals surface area contributed by atoms with E-state index in [2.05, 4.69) is 31.1 Å². The molecule has 5 heteroatoms. The lowest BCUT2D eigenvalue weighted by atomic mass is 10.1. The standard InChI is InChI=1S/C10H5BrClN3/c11-7-3-1-2-5-6-4-13-15-9(6)10(12)14-8(5)7/h1-4H,(H,13,15). The first-order valence-electron chi connectivity index (χ1n) is 4.34. The first-order chi connectivity index (χ1) is 7.27. The van der Waals surface area contributed by atoms with Gasteiger partial charge in [-0.1, -0.05) is 23.7 Å². The van der Waals surface area contributed by atoms with Crippen molar-refractivity contribution < 1.29 is 0 Å².